The van der Waals surface area contributed by atoms with Crippen LogP contribution in [0.3, 0.4) is 0 Å². The average molecular weight is 228 g/mol. The van der Waals surface area contributed by atoms with E-state index in [2.05, 4.69) is 5.32 Å². The number of nitrogens with one attached hydrogen (secondary N) is 1. The molecule has 0 bridgehead atoms. The Kier molecular flexibility index (Phi) is 6.42. The van der Waals surface area contributed by atoms with Crippen molar-refractivity contribution in [3.8, 4) is 0 Å². The summed E-state index contributed by atoms with van der Waals surface area (Å²) in [5.41, 5.74) is 0. The van der Waals surface area contributed by atoms with E-state index in [1.165, 1.54) is 0 Å². The second-order valence-electron chi connectivity index (χ2n) is 4.49. The van der Waals surface area contributed by atoms with E-state index in [0.717, 1.165) is 51.7 Å². The zero-order chi connectivity index (χ0) is 11.8. The van der Waals surface area contributed by atoms with Crippen molar-refractivity contribution in [3.63, 3.8) is 0 Å². The molecule has 0 aliphatic carbocycles. The molecular formula is C12H24N2O2. The Hall–Kier alpha value is -0.610. The van der Waals surface area contributed by atoms with Crippen LogP contribution in [-0.4, -0.2) is 48.2 Å². The van der Waals surface area contributed by atoms with Gasteiger partial charge in [0.2, 0.25) is 5.91 Å². The summed E-state index contributed by atoms with van der Waals surface area (Å²) < 4.78 is 0. The standard InChI is InChI=1S/C12H24N2O2/c1-11-12(16)14(9-6-7-13-11)8-4-2-3-5-10-15/h11,13,15H,2-10H2,1H3. The van der Waals surface area contributed by atoms with Crippen LogP contribution in [0.15, 0.2) is 0 Å². The van der Waals surface area contributed by atoms with Crippen molar-refractivity contribution in [1.82, 2.24) is 10.2 Å². The third-order valence-corrected chi connectivity index (χ3v) is 3.07. The maximum Gasteiger partial charge on any atom is 0.239 e. The third-order valence-electron chi connectivity index (χ3n) is 3.07. The number of amides is 1. The number of aliphatic hydroxyl groups excluding tert-OH is 1. The van der Waals surface area contributed by atoms with Gasteiger partial charge in [-0.3, -0.25) is 4.79 Å². The van der Waals surface area contributed by atoms with Crippen LogP contribution < -0.4 is 5.32 Å². The first kappa shape index (κ1) is 13.5. The van der Waals surface area contributed by atoms with E-state index < -0.39 is 0 Å². The largest absolute Gasteiger partial charge is 0.396 e. The van der Waals surface area contributed by atoms with Crippen LogP contribution in [0.25, 0.3) is 0 Å². The van der Waals surface area contributed by atoms with Crippen LogP contribution in [0.1, 0.15) is 39.0 Å². The Labute approximate surface area is 98.0 Å². The van der Waals surface area contributed by atoms with E-state index in [9.17, 15) is 4.79 Å². The average Bonchev–Trinajstić information content (AvgIpc) is 2.44. The predicted octanol–water partition coefficient (Wildman–Crippen LogP) is 0.749. The Morgan fingerprint density at radius 2 is 2.12 bits per heavy atom. The number of hydrogen-bond donors (Lipinski definition) is 2. The lowest BCUT2D eigenvalue weighted by atomic mass is 10.2. The fourth-order valence-electron chi connectivity index (χ4n) is 2.05. The SMILES string of the molecule is CC1NCCCN(CCCCCCO)C1=O. The van der Waals surface area contributed by atoms with Crippen molar-refractivity contribution in [2.75, 3.05) is 26.2 Å². The quantitative estimate of drug-likeness (QED) is 0.660. The van der Waals surface area contributed by atoms with Gasteiger partial charge in [-0.05, 0) is 32.7 Å². The van der Waals surface area contributed by atoms with Gasteiger partial charge in [0.1, 0.15) is 0 Å². The van der Waals surface area contributed by atoms with Crippen molar-refractivity contribution >= 4 is 5.91 Å². The summed E-state index contributed by atoms with van der Waals surface area (Å²) in [5, 5.41) is 11.9. The molecule has 2 N–H and O–H groups in total. The van der Waals surface area contributed by atoms with Gasteiger partial charge in [-0.15, -0.1) is 0 Å². The van der Waals surface area contributed by atoms with Gasteiger partial charge >= 0.3 is 0 Å². The maximum atomic E-state index is 11.9. The number of rotatable bonds is 6. The van der Waals surface area contributed by atoms with Crippen LogP contribution in [0.5, 0.6) is 0 Å². The summed E-state index contributed by atoms with van der Waals surface area (Å²) in [6, 6.07) is -0.0278. The van der Waals surface area contributed by atoms with E-state index in [0.29, 0.717) is 0 Å². The first-order valence-corrected chi connectivity index (χ1v) is 6.38. The maximum absolute atomic E-state index is 11.9. The lowest BCUT2D eigenvalue weighted by Crippen LogP contribution is -2.42. The molecule has 0 aromatic carbocycles. The first-order valence-electron chi connectivity index (χ1n) is 6.38. The van der Waals surface area contributed by atoms with Crippen molar-refractivity contribution in [1.29, 1.82) is 0 Å². The zero-order valence-electron chi connectivity index (χ0n) is 10.2. The highest BCUT2D eigenvalue weighted by Crippen LogP contribution is 2.06. The molecule has 4 nitrogen and oxygen atoms in total. The molecule has 16 heavy (non-hydrogen) atoms. The second-order valence-corrected chi connectivity index (χ2v) is 4.49. The highest BCUT2D eigenvalue weighted by molar-refractivity contribution is 5.81. The highest BCUT2D eigenvalue weighted by Gasteiger charge is 2.21. The van der Waals surface area contributed by atoms with Crippen LogP contribution in [0.2, 0.25) is 0 Å². The number of carbonyl (C=O) groups excluding carboxylic acids is 1. The van der Waals surface area contributed by atoms with Crippen molar-refractivity contribution in [2.24, 2.45) is 0 Å². The van der Waals surface area contributed by atoms with Gasteiger partial charge in [0.15, 0.2) is 0 Å². The molecule has 1 aliphatic rings. The number of carbonyl (C=O) groups is 1. The van der Waals surface area contributed by atoms with Gasteiger partial charge in [-0.2, -0.15) is 0 Å². The van der Waals surface area contributed by atoms with Crippen LogP contribution in [0, 0.1) is 0 Å². The van der Waals surface area contributed by atoms with Crippen LogP contribution in [0.4, 0.5) is 0 Å². The molecule has 1 unspecified atom stereocenters. The van der Waals surface area contributed by atoms with Crippen molar-refractivity contribution in [3.05, 3.63) is 0 Å². The van der Waals surface area contributed by atoms with E-state index in [-0.39, 0.29) is 18.6 Å². The molecule has 1 atom stereocenters. The van der Waals surface area contributed by atoms with E-state index >= 15 is 0 Å². The molecule has 0 aromatic heterocycles. The molecule has 0 spiro atoms. The minimum Gasteiger partial charge on any atom is -0.396 e. The molecule has 1 fully saturated rings. The first-order chi connectivity index (χ1) is 7.75. The number of nitrogens with zero attached hydrogens (tertiary/aromatic N) is 1. The topological polar surface area (TPSA) is 52.6 Å². The predicted molar refractivity (Wildman–Crippen MR) is 64.2 cm³/mol. The van der Waals surface area contributed by atoms with E-state index in [4.69, 9.17) is 5.11 Å². The lowest BCUT2D eigenvalue weighted by Gasteiger charge is -2.22. The fraction of sp³-hybridized carbons (Fsp3) is 0.917. The molecule has 1 amide bonds. The van der Waals surface area contributed by atoms with Crippen molar-refractivity contribution in [2.45, 2.75) is 45.1 Å². The van der Waals surface area contributed by atoms with Crippen LogP contribution >= 0.6 is 0 Å². The summed E-state index contributed by atoms with van der Waals surface area (Å²) in [6.07, 6.45) is 5.15. The van der Waals surface area contributed by atoms with Gasteiger partial charge in [-0.25, -0.2) is 0 Å². The Bertz CT molecular complexity index is 209. The summed E-state index contributed by atoms with van der Waals surface area (Å²) in [6.45, 7) is 4.91. The molecule has 0 saturated carbocycles. The lowest BCUT2D eigenvalue weighted by molar-refractivity contribution is -0.132. The van der Waals surface area contributed by atoms with Gasteiger partial charge in [0.05, 0.1) is 6.04 Å². The molecule has 4 heteroatoms. The molecule has 1 rings (SSSR count). The number of aliphatic hydroxyl groups is 1. The molecule has 0 aromatic rings. The minimum absolute atomic E-state index is 0.0278. The van der Waals surface area contributed by atoms with Crippen LogP contribution in [-0.2, 0) is 4.79 Å². The Morgan fingerprint density at radius 3 is 2.88 bits per heavy atom. The van der Waals surface area contributed by atoms with Gasteiger partial charge in [0, 0.05) is 19.7 Å². The molecule has 1 heterocycles. The summed E-state index contributed by atoms with van der Waals surface area (Å²) in [5.74, 6) is 0.236. The molecular weight excluding hydrogens is 204 g/mol. The normalized spacial score (nSPS) is 22.2. The monoisotopic (exact) mass is 228 g/mol. The Morgan fingerprint density at radius 1 is 1.38 bits per heavy atom. The fourth-order valence-corrected chi connectivity index (χ4v) is 2.05. The summed E-state index contributed by atoms with van der Waals surface area (Å²) in [4.78, 5) is 13.9. The minimum atomic E-state index is -0.0278. The van der Waals surface area contributed by atoms with Gasteiger partial charge < -0.3 is 15.3 Å². The zero-order valence-corrected chi connectivity index (χ0v) is 10.2. The van der Waals surface area contributed by atoms with E-state index in [1.807, 2.05) is 11.8 Å². The smallest absolute Gasteiger partial charge is 0.239 e. The van der Waals surface area contributed by atoms with Gasteiger partial charge in [-0.1, -0.05) is 12.8 Å². The van der Waals surface area contributed by atoms with Crippen molar-refractivity contribution < 1.29 is 9.90 Å². The van der Waals surface area contributed by atoms with E-state index in [1.54, 1.807) is 0 Å². The third kappa shape index (κ3) is 4.49. The number of hydrogen-bond acceptors (Lipinski definition) is 3. The Balaban J connectivity index is 2.20. The second kappa shape index (κ2) is 7.63. The molecule has 94 valence electrons. The highest BCUT2D eigenvalue weighted by atomic mass is 16.2. The summed E-state index contributed by atoms with van der Waals surface area (Å²) >= 11 is 0. The van der Waals surface area contributed by atoms with Gasteiger partial charge in [0.25, 0.3) is 0 Å². The molecule has 0 radical (unpaired) electrons. The number of unbranched alkanes of at least 4 members (excludes halogenated alkanes) is 3. The summed E-state index contributed by atoms with van der Waals surface area (Å²) in [7, 11) is 0. The molecule has 1 saturated heterocycles. The molecule has 1 aliphatic heterocycles.